The minimum atomic E-state index is -0.182. The van der Waals surface area contributed by atoms with Crippen molar-refractivity contribution in [3.63, 3.8) is 0 Å². The molecule has 0 atom stereocenters. The van der Waals surface area contributed by atoms with E-state index in [1.807, 2.05) is 19.1 Å². The van der Waals surface area contributed by atoms with Crippen LogP contribution in [-0.2, 0) is 13.0 Å². The molecule has 5 nitrogen and oxygen atoms in total. The van der Waals surface area contributed by atoms with Gasteiger partial charge >= 0.3 is 0 Å². The Morgan fingerprint density at radius 2 is 2.29 bits per heavy atom. The molecule has 2 aromatic rings. The molecule has 0 radical (unpaired) electrons. The summed E-state index contributed by atoms with van der Waals surface area (Å²) in [5.74, 6) is -0.0464. The topological polar surface area (TPSA) is 74.8 Å². The Labute approximate surface area is 122 Å². The Morgan fingerprint density at radius 3 is 3.00 bits per heavy atom. The summed E-state index contributed by atoms with van der Waals surface area (Å²) >= 11 is 0. The number of amides is 1. The molecule has 0 bridgehead atoms. The molecule has 2 heterocycles. The first-order valence-corrected chi connectivity index (χ1v) is 7.08. The zero-order valence-corrected chi connectivity index (χ0v) is 11.9. The van der Waals surface area contributed by atoms with E-state index in [9.17, 15) is 9.59 Å². The molecule has 0 unspecified atom stereocenters. The van der Waals surface area contributed by atoms with Crippen LogP contribution in [0.15, 0.2) is 24.5 Å². The Morgan fingerprint density at radius 1 is 1.43 bits per heavy atom. The molecule has 0 aromatic carbocycles. The number of rotatable bonds is 3. The number of ketones is 1. The molecule has 5 heteroatoms. The first kappa shape index (κ1) is 13.5. The molecule has 0 fully saturated rings. The van der Waals surface area contributed by atoms with E-state index in [1.165, 1.54) is 0 Å². The maximum atomic E-state index is 12.3. The van der Waals surface area contributed by atoms with Crippen molar-refractivity contribution in [2.24, 2.45) is 0 Å². The third kappa shape index (κ3) is 2.59. The van der Waals surface area contributed by atoms with Gasteiger partial charge in [0.2, 0.25) is 0 Å². The molecule has 2 N–H and O–H groups in total. The molecule has 108 valence electrons. The largest absolute Gasteiger partial charge is 0.354 e. The molecule has 0 spiro atoms. The summed E-state index contributed by atoms with van der Waals surface area (Å²) in [5.41, 5.74) is 3.82. The zero-order chi connectivity index (χ0) is 14.8. The smallest absolute Gasteiger partial charge is 0.268 e. The minimum Gasteiger partial charge on any atom is -0.354 e. The van der Waals surface area contributed by atoms with Crippen LogP contribution in [0, 0.1) is 6.92 Å². The quantitative estimate of drug-likeness (QED) is 0.906. The van der Waals surface area contributed by atoms with Crippen molar-refractivity contribution in [3.8, 4) is 0 Å². The van der Waals surface area contributed by atoms with Gasteiger partial charge in [0, 0.05) is 36.6 Å². The van der Waals surface area contributed by atoms with Crippen molar-refractivity contribution in [3.05, 3.63) is 52.6 Å². The van der Waals surface area contributed by atoms with Crippen LogP contribution >= 0.6 is 0 Å². The Hall–Kier alpha value is -2.43. The van der Waals surface area contributed by atoms with Crippen LogP contribution in [0.5, 0.6) is 0 Å². The fourth-order valence-electron chi connectivity index (χ4n) is 2.77. The van der Waals surface area contributed by atoms with E-state index >= 15 is 0 Å². The van der Waals surface area contributed by atoms with Crippen LogP contribution in [0.3, 0.4) is 0 Å². The standard InChI is InChI=1S/C16H17N3O2/c1-10-14-12(5-2-6-13(14)20)19-15(10)16(21)18-9-11-4-3-7-17-8-11/h3-4,7-8,19H,2,5-6,9H2,1H3,(H,18,21). The highest BCUT2D eigenvalue weighted by Crippen LogP contribution is 2.26. The van der Waals surface area contributed by atoms with Gasteiger partial charge in [0.1, 0.15) is 5.69 Å². The number of pyridine rings is 1. The molecule has 21 heavy (non-hydrogen) atoms. The molecular weight excluding hydrogens is 266 g/mol. The number of nitrogens with one attached hydrogen (secondary N) is 2. The second-order valence-electron chi connectivity index (χ2n) is 5.30. The van der Waals surface area contributed by atoms with Crippen LogP contribution in [0.25, 0.3) is 0 Å². The van der Waals surface area contributed by atoms with Gasteiger partial charge in [-0.3, -0.25) is 14.6 Å². The number of H-pyrrole nitrogens is 1. The van der Waals surface area contributed by atoms with Gasteiger partial charge in [-0.05, 0) is 37.0 Å². The van der Waals surface area contributed by atoms with E-state index < -0.39 is 0 Å². The second kappa shape index (κ2) is 5.52. The maximum Gasteiger partial charge on any atom is 0.268 e. The van der Waals surface area contributed by atoms with Crippen LogP contribution < -0.4 is 5.32 Å². The third-order valence-electron chi connectivity index (χ3n) is 3.84. The number of hydrogen-bond donors (Lipinski definition) is 2. The second-order valence-corrected chi connectivity index (χ2v) is 5.30. The lowest BCUT2D eigenvalue weighted by molar-refractivity contribution is 0.0945. The van der Waals surface area contributed by atoms with Crippen molar-refractivity contribution in [2.45, 2.75) is 32.7 Å². The summed E-state index contributed by atoms with van der Waals surface area (Å²) in [7, 11) is 0. The summed E-state index contributed by atoms with van der Waals surface area (Å²) in [6.07, 6.45) is 5.67. The van der Waals surface area contributed by atoms with Crippen molar-refractivity contribution < 1.29 is 9.59 Å². The highest BCUT2D eigenvalue weighted by Gasteiger charge is 2.26. The molecule has 1 amide bonds. The van der Waals surface area contributed by atoms with Gasteiger partial charge in [0.15, 0.2) is 5.78 Å². The van der Waals surface area contributed by atoms with Crippen molar-refractivity contribution in [1.29, 1.82) is 0 Å². The van der Waals surface area contributed by atoms with E-state index in [0.717, 1.165) is 29.7 Å². The van der Waals surface area contributed by atoms with E-state index in [0.29, 0.717) is 24.2 Å². The Balaban J connectivity index is 1.78. The highest BCUT2D eigenvalue weighted by molar-refractivity contribution is 6.04. The first-order chi connectivity index (χ1) is 10.2. The van der Waals surface area contributed by atoms with Crippen LogP contribution in [0.2, 0.25) is 0 Å². The lowest BCUT2D eigenvalue weighted by atomic mass is 9.94. The van der Waals surface area contributed by atoms with Gasteiger partial charge in [-0.15, -0.1) is 0 Å². The molecular formula is C16H17N3O2. The number of Topliss-reactive ketones (excluding diaryl/α,β-unsaturated/α-hetero) is 1. The Kier molecular flexibility index (Phi) is 3.56. The number of nitrogens with zero attached hydrogens (tertiary/aromatic N) is 1. The Bertz CT molecular complexity index is 689. The van der Waals surface area contributed by atoms with Crippen molar-refractivity contribution in [2.75, 3.05) is 0 Å². The van der Waals surface area contributed by atoms with Crippen molar-refractivity contribution >= 4 is 11.7 Å². The number of fused-ring (bicyclic) bond motifs is 1. The van der Waals surface area contributed by atoms with Gasteiger partial charge in [0.05, 0.1) is 0 Å². The lowest BCUT2D eigenvalue weighted by Gasteiger charge is -2.09. The van der Waals surface area contributed by atoms with Gasteiger partial charge in [-0.2, -0.15) is 0 Å². The van der Waals surface area contributed by atoms with E-state index in [-0.39, 0.29) is 11.7 Å². The average molecular weight is 283 g/mol. The predicted octanol–water partition coefficient (Wildman–Crippen LogP) is 2.17. The predicted molar refractivity (Wildman–Crippen MR) is 78.2 cm³/mol. The van der Waals surface area contributed by atoms with E-state index in [1.54, 1.807) is 12.4 Å². The summed E-state index contributed by atoms with van der Waals surface area (Å²) in [6.45, 7) is 2.25. The van der Waals surface area contributed by atoms with E-state index in [4.69, 9.17) is 0 Å². The SMILES string of the molecule is Cc1c(C(=O)NCc2cccnc2)[nH]c2c1C(=O)CCC2. The number of aromatic nitrogens is 2. The van der Waals surface area contributed by atoms with Crippen LogP contribution in [0.1, 0.15) is 50.5 Å². The monoisotopic (exact) mass is 283 g/mol. The fraction of sp³-hybridized carbons (Fsp3) is 0.312. The number of carbonyl (C=O) groups excluding carboxylic acids is 2. The molecule has 1 aliphatic carbocycles. The average Bonchev–Trinajstić information content (AvgIpc) is 2.84. The molecule has 0 aliphatic heterocycles. The maximum absolute atomic E-state index is 12.3. The van der Waals surface area contributed by atoms with Gasteiger partial charge < -0.3 is 10.3 Å². The highest BCUT2D eigenvalue weighted by atomic mass is 16.2. The summed E-state index contributed by atoms with van der Waals surface area (Å²) < 4.78 is 0. The fourth-order valence-corrected chi connectivity index (χ4v) is 2.77. The lowest BCUT2D eigenvalue weighted by Crippen LogP contribution is -2.24. The molecule has 1 aliphatic rings. The number of aromatic amines is 1. The van der Waals surface area contributed by atoms with Gasteiger partial charge in [-0.1, -0.05) is 6.07 Å². The normalized spacial score (nSPS) is 13.9. The summed E-state index contributed by atoms with van der Waals surface area (Å²) in [4.78, 5) is 31.4. The van der Waals surface area contributed by atoms with E-state index in [2.05, 4.69) is 15.3 Å². The molecule has 0 saturated heterocycles. The van der Waals surface area contributed by atoms with Crippen LogP contribution in [0.4, 0.5) is 0 Å². The summed E-state index contributed by atoms with van der Waals surface area (Å²) in [6, 6.07) is 3.74. The van der Waals surface area contributed by atoms with Gasteiger partial charge in [-0.25, -0.2) is 0 Å². The molecule has 2 aromatic heterocycles. The minimum absolute atomic E-state index is 0.135. The van der Waals surface area contributed by atoms with Crippen LogP contribution in [-0.4, -0.2) is 21.7 Å². The first-order valence-electron chi connectivity index (χ1n) is 7.08. The number of carbonyl (C=O) groups is 2. The van der Waals surface area contributed by atoms with Crippen molar-refractivity contribution in [1.82, 2.24) is 15.3 Å². The van der Waals surface area contributed by atoms with Gasteiger partial charge in [0.25, 0.3) is 5.91 Å². The number of hydrogen-bond acceptors (Lipinski definition) is 3. The summed E-state index contributed by atoms with van der Waals surface area (Å²) in [5, 5.41) is 2.86. The number of aryl methyl sites for hydroxylation is 1. The zero-order valence-electron chi connectivity index (χ0n) is 11.9. The third-order valence-corrected chi connectivity index (χ3v) is 3.84. The molecule has 0 saturated carbocycles. The molecule has 3 rings (SSSR count).